The minimum Gasteiger partial charge on any atom is -0.491 e. The van der Waals surface area contributed by atoms with Crippen molar-refractivity contribution in [1.29, 1.82) is 0 Å². The molecule has 2 aliphatic rings. The monoisotopic (exact) mass is 360 g/mol. The average molecular weight is 360 g/mol. The highest BCUT2D eigenvalue weighted by Gasteiger charge is 2.30. The van der Waals surface area contributed by atoms with E-state index in [0.717, 1.165) is 25.7 Å². The quantitative estimate of drug-likeness (QED) is 0.525. The number of halogens is 2. The van der Waals surface area contributed by atoms with Gasteiger partial charge >= 0.3 is 0 Å². The second-order valence-electron chi connectivity index (χ2n) is 7.64. The Morgan fingerprint density at radius 3 is 2.38 bits per heavy atom. The maximum absolute atomic E-state index is 14.5. The highest BCUT2D eigenvalue weighted by molar-refractivity contribution is 5.33. The van der Waals surface area contributed by atoms with Crippen LogP contribution in [0.15, 0.2) is 36.4 Å². The minimum absolute atomic E-state index is 0.0189. The SMILES string of the molecule is CC=CC1C=CC(C2CCC(c3ccc(OCC)c(F)c3F)CC2)CC1. The normalized spacial score (nSPS) is 29.2. The second kappa shape index (κ2) is 8.83. The zero-order chi connectivity index (χ0) is 18.5. The van der Waals surface area contributed by atoms with Crippen LogP contribution in [0.4, 0.5) is 8.78 Å². The largest absolute Gasteiger partial charge is 0.491 e. The molecule has 0 radical (unpaired) electrons. The van der Waals surface area contributed by atoms with Gasteiger partial charge in [-0.2, -0.15) is 4.39 Å². The lowest BCUT2D eigenvalue weighted by molar-refractivity contribution is 0.241. The molecule has 1 fully saturated rings. The summed E-state index contributed by atoms with van der Waals surface area (Å²) in [7, 11) is 0. The van der Waals surface area contributed by atoms with E-state index in [1.807, 2.05) is 0 Å². The Labute approximate surface area is 156 Å². The standard InChI is InChI=1S/C23H30F2O/c1-3-5-16-6-8-17(9-7-16)18-10-12-19(13-11-18)20-14-15-21(26-4-2)23(25)22(20)24/h3,5-6,8,14-19H,4,7,9-13H2,1-2H3. The molecule has 3 heteroatoms. The van der Waals surface area contributed by atoms with Crippen LogP contribution in [0.2, 0.25) is 0 Å². The van der Waals surface area contributed by atoms with Crippen LogP contribution in [-0.4, -0.2) is 6.61 Å². The zero-order valence-corrected chi connectivity index (χ0v) is 15.9. The molecule has 2 unspecified atom stereocenters. The predicted molar refractivity (Wildman–Crippen MR) is 102 cm³/mol. The third kappa shape index (κ3) is 4.19. The van der Waals surface area contributed by atoms with Crippen molar-refractivity contribution in [3.05, 3.63) is 53.6 Å². The molecule has 0 aliphatic heterocycles. The van der Waals surface area contributed by atoms with Crippen LogP contribution in [-0.2, 0) is 0 Å². The van der Waals surface area contributed by atoms with Crippen molar-refractivity contribution in [3.63, 3.8) is 0 Å². The van der Waals surface area contributed by atoms with E-state index in [4.69, 9.17) is 4.74 Å². The van der Waals surface area contributed by atoms with Gasteiger partial charge in [0.2, 0.25) is 5.82 Å². The lowest BCUT2D eigenvalue weighted by Gasteiger charge is -2.35. The maximum Gasteiger partial charge on any atom is 0.200 e. The second-order valence-corrected chi connectivity index (χ2v) is 7.64. The molecule has 0 heterocycles. The van der Waals surface area contributed by atoms with Gasteiger partial charge in [0.05, 0.1) is 6.61 Å². The summed E-state index contributed by atoms with van der Waals surface area (Å²) in [6.45, 7) is 4.18. The molecule has 2 atom stereocenters. The first kappa shape index (κ1) is 19.1. The summed E-state index contributed by atoms with van der Waals surface area (Å²) in [5.74, 6) is 0.519. The van der Waals surface area contributed by atoms with Gasteiger partial charge in [0.25, 0.3) is 0 Å². The third-order valence-electron chi connectivity index (χ3n) is 6.07. The molecular weight excluding hydrogens is 330 g/mol. The molecule has 0 aromatic heterocycles. The number of benzene rings is 1. The minimum atomic E-state index is -0.836. The molecule has 142 valence electrons. The zero-order valence-electron chi connectivity index (χ0n) is 15.9. The van der Waals surface area contributed by atoms with Gasteiger partial charge in [-0.25, -0.2) is 4.39 Å². The fourth-order valence-electron chi connectivity index (χ4n) is 4.65. The van der Waals surface area contributed by atoms with E-state index in [1.54, 1.807) is 19.1 Å². The van der Waals surface area contributed by atoms with Crippen molar-refractivity contribution in [2.75, 3.05) is 6.61 Å². The molecule has 0 spiro atoms. The fraction of sp³-hybridized carbons (Fsp3) is 0.565. The first-order valence-corrected chi connectivity index (χ1v) is 10.1. The Kier molecular flexibility index (Phi) is 6.50. The van der Waals surface area contributed by atoms with Crippen molar-refractivity contribution >= 4 is 0 Å². The molecule has 2 aliphatic carbocycles. The molecule has 0 amide bonds. The van der Waals surface area contributed by atoms with Gasteiger partial charge in [0, 0.05) is 0 Å². The van der Waals surface area contributed by atoms with Crippen LogP contribution in [0.5, 0.6) is 5.75 Å². The predicted octanol–water partition coefficient (Wildman–Crippen LogP) is 6.80. The molecule has 1 saturated carbocycles. The Bertz CT molecular complexity index is 656. The van der Waals surface area contributed by atoms with Gasteiger partial charge in [0.15, 0.2) is 11.6 Å². The first-order chi connectivity index (χ1) is 12.6. The van der Waals surface area contributed by atoms with Crippen LogP contribution in [0.1, 0.15) is 63.9 Å². The number of hydrogen-bond donors (Lipinski definition) is 0. The van der Waals surface area contributed by atoms with Crippen LogP contribution in [0.3, 0.4) is 0 Å². The van der Waals surface area contributed by atoms with Gasteiger partial charge in [-0.3, -0.25) is 0 Å². The van der Waals surface area contributed by atoms with E-state index in [1.165, 1.54) is 12.8 Å². The lowest BCUT2D eigenvalue weighted by atomic mass is 9.70. The Balaban J connectivity index is 1.61. The highest BCUT2D eigenvalue weighted by Crippen LogP contribution is 2.43. The average Bonchev–Trinajstić information content (AvgIpc) is 2.67. The maximum atomic E-state index is 14.5. The van der Waals surface area contributed by atoms with E-state index in [-0.39, 0.29) is 11.7 Å². The smallest absolute Gasteiger partial charge is 0.200 e. The van der Waals surface area contributed by atoms with Gasteiger partial charge < -0.3 is 4.74 Å². The Hall–Kier alpha value is -1.64. The van der Waals surface area contributed by atoms with Crippen LogP contribution >= 0.6 is 0 Å². The molecule has 26 heavy (non-hydrogen) atoms. The summed E-state index contributed by atoms with van der Waals surface area (Å²) in [6, 6.07) is 3.30. The summed E-state index contributed by atoms with van der Waals surface area (Å²) < 4.78 is 33.8. The lowest BCUT2D eigenvalue weighted by Crippen LogP contribution is -2.22. The summed E-state index contributed by atoms with van der Waals surface area (Å²) in [5.41, 5.74) is 0.525. The summed E-state index contributed by atoms with van der Waals surface area (Å²) in [5, 5.41) is 0. The van der Waals surface area contributed by atoms with Gasteiger partial charge in [0.1, 0.15) is 0 Å². The molecule has 1 aromatic rings. The Morgan fingerprint density at radius 1 is 1.00 bits per heavy atom. The van der Waals surface area contributed by atoms with Crippen LogP contribution in [0, 0.1) is 29.4 Å². The third-order valence-corrected chi connectivity index (χ3v) is 6.07. The highest BCUT2D eigenvalue weighted by atomic mass is 19.2. The number of allylic oxidation sites excluding steroid dienone is 4. The molecular formula is C23H30F2O. The van der Waals surface area contributed by atoms with Crippen LogP contribution < -0.4 is 4.74 Å². The Morgan fingerprint density at radius 2 is 1.77 bits per heavy atom. The summed E-state index contributed by atoms with van der Waals surface area (Å²) >= 11 is 0. The molecule has 0 N–H and O–H groups in total. The van der Waals surface area contributed by atoms with E-state index in [0.29, 0.717) is 29.9 Å². The van der Waals surface area contributed by atoms with Gasteiger partial charge in [-0.1, -0.05) is 30.4 Å². The molecule has 0 bridgehead atoms. The molecule has 3 rings (SSSR count). The first-order valence-electron chi connectivity index (χ1n) is 10.1. The van der Waals surface area contributed by atoms with Gasteiger partial charge in [-0.15, -0.1) is 0 Å². The summed E-state index contributed by atoms with van der Waals surface area (Å²) in [6.07, 6.45) is 15.7. The van der Waals surface area contributed by atoms with E-state index < -0.39 is 11.6 Å². The van der Waals surface area contributed by atoms with E-state index in [9.17, 15) is 8.78 Å². The van der Waals surface area contributed by atoms with Gasteiger partial charge in [-0.05, 0) is 87.7 Å². The van der Waals surface area contributed by atoms with E-state index >= 15 is 0 Å². The summed E-state index contributed by atoms with van der Waals surface area (Å²) in [4.78, 5) is 0. The van der Waals surface area contributed by atoms with Crippen molar-refractivity contribution < 1.29 is 13.5 Å². The molecule has 0 saturated heterocycles. The van der Waals surface area contributed by atoms with E-state index in [2.05, 4.69) is 31.2 Å². The van der Waals surface area contributed by atoms with Crippen LogP contribution in [0.25, 0.3) is 0 Å². The van der Waals surface area contributed by atoms with Crippen molar-refractivity contribution in [1.82, 2.24) is 0 Å². The molecule has 1 nitrogen and oxygen atoms in total. The molecule has 1 aromatic carbocycles. The van der Waals surface area contributed by atoms with Crippen molar-refractivity contribution in [2.45, 2.75) is 58.3 Å². The van der Waals surface area contributed by atoms with Crippen molar-refractivity contribution in [3.8, 4) is 5.75 Å². The number of ether oxygens (including phenoxy) is 1. The number of hydrogen-bond acceptors (Lipinski definition) is 1. The fourth-order valence-corrected chi connectivity index (χ4v) is 4.65. The number of rotatable bonds is 5. The topological polar surface area (TPSA) is 9.23 Å². The van der Waals surface area contributed by atoms with Crippen molar-refractivity contribution in [2.24, 2.45) is 17.8 Å².